The average Bonchev–Trinajstić information content (AvgIpc) is 3.07. The van der Waals surface area contributed by atoms with Crippen molar-refractivity contribution in [1.29, 1.82) is 0 Å². The molecule has 0 aromatic heterocycles. The highest BCUT2D eigenvalue weighted by Gasteiger charge is 2.25. The number of nitrogens with zero attached hydrogens (tertiary/aromatic N) is 1. The molecular weight excluding hydrogens is 368 g/mol. The van der Waals surface area contributed by atoms with Gasteiger partial charge < -0.3 is 15.0 Å². The highest BCUT2D eigenvalue weighted by atomic mass is 32.1. The van der Waals surface area contributed by atoms with Crippen LogP contribution in [-0.4, -0.2) is 24.7 Å². The summed E-state index contributed by atoms with van der Waals surface area (Å²) in [6.45, 7) is 0.249. The molecule has 1 aliphatic rings. The number of methoxy groups -OCH3 is 1. The zero-order valence-electron chi connectivity index (χ0n) is 15.5. The summed E-state index contributed by atoms with van der Waals surface area (Å²) >= 11 is 5.31. The van der Waals surface area contributed by atoms with Gasteiger partial charge in [0.15, 0.2) is 5.11 Å². The van der Waals surface area contributed by atoms with Gasteiger partial charge in [-0.05, 0) is 65.2 Å². The molecule has 0 bridgehead atoms. The van der Waals surface area contributed by atoms with Crippen LogP contribution < -0.4 is 15.0 Å². The Hall–Kier alpha value is -3.18. The molecule has 0 aliphatic carbocycles. The first kappa shape index (κ1) is 18.2. The molecule has 1 amide bonds. The number of nitrogens with one attached hydrogen (secondary N) is 1. The topological polar surface area (TPSA) is 41.6 Å². The van der Waals surface area contributed by atoms with Crippen molar-refractivity contribution in [2.45, 2.75) is 6.42 Å². The van der Waals surface area contributed by atoms with Crippen LogP contribution in [0.4, 0.5) is 5.69 Å². The van der Waals surface area contributed by atoms with Crippen molar-refractivity contribution in [1.82, 2.24) is 5.32 Å². The zero-order valence-corrected chi connectivity index (χ0v) is 16.3. The van der Waals surface area contributed by atoms with E-state index in [-0.39, 0.29) is 12.5 Å². The Balaban J connectivity index is 1.76. The van der Waals surface area contributed by atoms with Crippen LogP contribution >= 0.6 is 12.2 Å². The van der Waals surface area contributed by atoms with Crippen LogP contribution in [0.15, 0.2) is 72.8 Å². The molecule has 4 rings (SSSR count). The van der Waals surface area contributed by atoms with Crippen molar-refractivity contribution in [2.75, 3.05) is 18.6 Å². The lowest BCUT2D eigenvalue weighted by atomic mass is 9.94. The molecule has 5 heteroatoms. The maximum atomic E-state index is 11.7. The van der Waals surface area contributed by atoms with E-state index >= 15 is 0 Å². The van der Waals surface area contributed by atoms with Gasteiger partial charge in [-0.1, -0.05) is 48.5 Å². The third kappa shape index (κ3) is 3.75. The third-order valence-electron chi connectivity index (χ3n) is 4.84. The first-order valence-corrected chi connectivity index (χ1v) is 9.47. The molecule has 1 heterocycles. The third-order valence-corrected chi connectivity index (χ3v) is 5.16. The van der Waals surface area contributed by atoms with Gasteiger partial charge in [-0.3, -0.25) is 4.79 Å². The number of rotatable bonds is 5. The summed E-state index contributed by atoms with van der Waals surface area (Å²) < 4.78 is 5.29. The van der Waals surface area contributed by atoms with Gasteiger partial charge in [0.1, 0.15) is 12.3 Å². The Morgan fingerprint density at radius 3 is 2.43 bits per heavy atom. The van der Waals surface area contributed by atoms with Crippen molar-refractivity contribution in [3.8, 4) is 16.9 Å². The van der Waals surface area contributed by atoms with Crippen LogP contribution in [0.5, 0.6) is 5.75 Å². The van der Waals surface area contributed by atoms with Crippen LogP contribution in [0, 0.1) is 0 Å². The number of benzene rings is 3. The minimum absolute atomic E-state index is 0.0793. The van der Waals surface area contributed by atoms with Crippen LogP contribution in [0.1, 0.15) is 11.1 Å². The van der Waals surface area contributed by atoms with Crippen molar-refractivity contribution in [3.63, 3.8) is 0 Å². The molecule has 0 radical (unpaired) electrons. The molecule has 0 spiro atoms. The van der Waals surface area contributed by atoms with Gasteiger partial charge in [-0.25, -0.2) is 0 Å². The van der Waals surface area contributed by atoms with Gasteiger partial charge in [-0.15, -0.1) is 0 Å². The van der Waals surface area contributed by atoms with E-state index in [1.54, 1.807) is 7.11 Å². The highest BCUT2D eigenvalue weighted by Crippen LogP contribution is 2.32. The number of anilines is 1. The van der Waals surface area contributed by atoms with E-state index < -0.39 is 0 Å². The monoisotopic (exact) mass is 388 g/mol. The maximum Gasteiger partial charge on any atom is 0.246 e. The summed E-state index contributed by atoms with van der Waals surface area (Å²) in [5.41, 5.74) is 5.58. The van der Waals surface area contributed by atoms with Gasteiger partial charge >= 0.3 is 0 Å². The lowest BCUT2D eigenvalue weighted by Gasteiger charge is -2.19. The van der Waals surface area contributed by atoms with E-state index in [0.717, 1.165) is 29.0 Å². The largest absolute Gasteiger partial charge is 0.497 e. The van der Waals surface area contributed by atoms with Gasteiger partial charge in [0.25, 0.3) is 0 Å². The Kier molecular flexibility index (Phi) is 5.08. The molecule has 4 nitrogen and oxygen atoms in total. The number of carbonyl (C=O) groups is 1. The Bertz CT molecular complexity index is 1020. The normalized spacial score (nSPS) is 13.5. The first-order valence-electron chi connectivity index (χ1n) is 9.06. The van der Waals surface area contributed by atoms with Crippen molar-refractivity contribution >= 4 is 28.9 Å². The average molecular weight is 388 g/mol. The quantitative estimate of drug-likeness (QED) is 0.666. The smallest absolute Gasteiger partial charge is 0.246 e. The van der Waals surface area contributed by atoms with E-state index in [9.17, 15) is 4.79 Å². The van der Waals surface area contributed by atoms with Crippen molar-refractivity contribution in [2.24, 2.45) is 0 Å². The number of amides is 1. The maximum absolute atomic E-state index is 11.7. The predicted octanol–water partition coefficient (Wildman–Crippen LogP) is 4.17. The van der Waals surface area contributed by atoms with E-state index in [0.29, 0.717) is 5.11 Å². The number of hydrogen-bond acceptors (Lipinski definition) is 3. The minimum atomic E-state index is -0.0793. The fraction of sp³-hybridized carbons (Fsp3) is 0.130. The molecule has 0 unspecified atom stereocenters. The number of thiocarbonyl (C=S) groups is 1. The van der Waals surface area contributed by atoms with E-state index in [1.165, 1.54) is 11.1 Å². The summed E-state index contributed by atoms with van der Waals surface area (Å²) in [4.78, 5) is 13.5. The molecule has 3 aromatic carbocycles. The number of carbonyl (C=O) groups excluding carboxylic acids is 1. The predicted molar refractivity (Wildman–Crippen MR) is 116 cm³/mol. The van der Waals surface area contributed by atoms with Crippen LogP contribution in [0.2, 0.25) is 0 Å². The lowest BCUT2D eigenvalue weighted by Crippen LogP contribution is -2.27. The summed E-state index contributed by atoms with van der Waals surface area (Å²) in [7, 11) is 1.66. The van der Waals surface area contributed by atoms with E-state index in [1.807, 2.05) is 29.2 Å². The molecule has 1 aliphatic heterocycles. The SMILES string of the molecule is COc1ccc(-c2cc(N3CC(=O)NC3=S)ccc2Cc2ccccc2)cc1. The molecule has 3 aromatic rings. The number of hydrogen-bond donors (Lipinski definition) is 1. The fourth-order valence-corrected chi connectivity index (χ4v) is 3.68. The molecule has 1 N–H and O–H groups in total. The van der Waals surface area contributed by atoms with E-state index in [4.69, 9.17) is 17.0 Å². The van der Waals surface area contributed by atoms with Gasteiger partial charge in [0.2, 0.25) is 5.91 Å². The Morgan fingerprint density at radius 2 is 1.79 bits per heavy atom. The van der Waals surface area contributed by atoms with Gasteiger partial charge in [-0.2, -0.15) is 0 Å². The highest BCUT2D eigenvalue weighted by molar-refractivity contribution is 7.80. The summed E-state index contributed by atoms with van der Waals surface area (Å²) in [6.07, 6.45) is 0.824. The minimum Gasteiger partial charge on any atom is -0.497 e. The van der Waals surface area contributed by atoms with Crippen LogP contribution in [0.3, 0.4) is 0 Å². The molecule has 0 atom stereocenters. The Morgan fingerprint density at radius 1 is 1.04 bits per heavy atom. The van der Waals surface area contributed by atoms with Gasteiger partial charge in [0, 0.05) is 5.69 Å². The molecule has 0 saturated carbocycles. The fourth-order valence-electron chi connectivity index (χ4n) is 3.39. The molecule has 28 heavy (non-hydrogen) atoms. The Labute approximate surface area is 169 Å². The van der Waals surface area contributed by atoms with Gasteiger partial charge in [0.05, 0.1) is 7.11 Å². The summed E-state index contributed by atoms with van der Waals surface area (Å²) in [5.74, 6) is 0.740. The van der Waals surface area contributed by atoms with Crippen molar-refractivity contribution in [3.05, 3.63) is 83.9 Å². The van der Waals surface area contributed by atoms with E-state index in [2.05, 4.69) is 53.8 Å². The summed E-state index contributed by atoms with van der Waals surface area (Å²) in [6, 6.07) is 24.7. The molecular formula is C23H20N2O2S. The van der Waals surface area contributed by atoms with Crippen molar-refractivity contribution < 1.29 is 9.53 Å². The second kappa shape index (κ2) is 7.82. The summed E-state index contributed by atoms with van der Waals surface area (Å²) in [5, 5.41) is 3.14. The zero-order chi connectivity index (χ0) is 19.5. The number of ether oxygens (including phenoxy) is 1. The van der Waals surface area contributed by atoms with Crippen LogP contribution in [0.25, 0.3) is 11.1 Å². The standard InChI is InChI=1S/C23H20N2O2S/c1-27-20-11-8-17(9-12-20)21-14-19(25-15-22(26)24-23(25)28)10-7-18(21)13-16-5-3-2-4-6-16/h2-12,14H,13,15H2,1H3,(H,24,26,28). The molecule has 140 valence electrons. The lowest BCUT2D eigenvalue weighted by molar-refractivity contribution is -0.117. The second-order valence-corrected chi connectivity index (χ2v) is 7.06. The first-order chi connectivity index (χ1) is 13.6. The second-order valence-electron chi connectivity index (χ2n) is 6.67. The van der Waals surface area contributed by atoms with Crippen LogP contribution in [-0.2, 0) is 11.2 Å². The molecule has 1 fully saturated rings. The molecule has 1 saturated heterocycles.